The normalized spacial score (nSPS) is 13.0. The third-order valence-electron chi connectivity index (χ3n) is 2.23. The van der Waals surface area contributed by atoms with Gasteiger partial charge in [0, 0.05) is 12.3 Å². The second kappa shape index (κ2) is 5.17. The quantitative estimate of drug-likeness (QED) is 0.758. The first kappa shape index (κ1) is 13.5. The zero-order valence-electron chi connectivity index (χ0n) is 11.0. The molecule has 0 aliphatic rings. The molecule has 17 heavy (non-hydrogen) atoms. The summed E-state index contributed by atoms with van der Waals surface area (Å²) in [6.07, 6.45) is 1.63. The summed E-state index contributed by atoms with van der Waals surface area (Å²) in [7, 11) is 1.55. The Morgan fingerprint density at radius 1 is 1.35 bits per heavy atom. The first-order chi connectivity index (χ1) is 7.83. The number of aromatic nitrogens is 1. The van der Waals surface area contributed by atoms with Crippen molar-refractivity contribution >= 4 is 5.97 Å². The fraction of sp³-hybridized carbons (Fsp3) is 0.538. The maximum atomic E-state index is 11.8. The van der Waals surface area contributed by atoms with Crippen molar-refractivity contribution in [1.82, 2.24) is 4.98 Å². The van der Waals surface area contributed by atoms with Gasteiger partial charge < -0.3 is 9.47 Å². The van der Waals surface area contributed by atoms with Crippen LogP contribution in [-0.4, -0.2) is 23.7 Å². The van der Waals surface area contributed by atoms with Crippen molar-refractivity contribution in [2.24, 2.45) is 0 Å². The lowest BCUT2D eigenvalue weighted by atomic mass is 10.0. The van der Waals surface area contributed by atoms with E-state index in [4.69, 9.17) is 9.47 Å². The van der Waals surface area contributed by atoms with Crippen molar-refractivity contribution in [3.05, 3.63) is 23.9 Å². The molecule has 1 atom stereocenters. The molecule has 0 bridgehead atoms. The van der Waals surface area contributed by atoms with Gasteiger partial charge in [-0.25, -0.2) is 4.98 Å². The van der Waals surface area contributed by atoms with Gasteiger partial charge in [0.2, 0.25) is 5.88 Å². The number of nitrogens with zero attached hydrogens (tertiary/aromatic N) is 1. The smallest absolute Gasteiger partial charge is 0.313 e. The second-order valence-electron chi connectivity index (χ2n) is 4.89. The molecule has 0 N–H and O–H groups in total. The summed E-state index contributed by atoms with van der Waals surface area (Å²) in [5.41, 5.74) is 0.352. The van der Waals surface area contributed by atoms with E-state index in [0.29, 0.717) is 5.88 Å². The van der Waals surface area contributed by atoms with Gasteiger partial charge in [0.05, 0.1) is 13.0 Å². The van der Waals surface area contributed by atoms with E-state index < -0.39 is 5.60 Å². The third kappa shape index (κ3) is 4.06. The number of pyridine rings is 1. The lowest BCUT2D eigenvalue weighted by Crippen LogP contribution is -2.26. The van der Waals surface area contributed by atoms with Gasteiger partial charge in [-0.15, -0.1) is 0 Å². The Morgan fingerprint density at radius 2 is 2.00 bits per heavy atom. The third-order valence-corrected chi connectivity index (χ3v) is 2.23. The Labute approximate surface area is 102 Å². The van der Waals surface area contributed by atoms with Crippen LogP contribution in [0.1, 0.15) is 39.2 Å². The maximum Gasteiger partial charge on any atom is 0.313 e. The molecule has 0 unspecified atom stereocenters. The Morgan fingerprint density at radius 3 is 2.41 bits per heavy atom. The molecule has 0 aromatic carbocycles. The fourth-order valence-electron chi connectivity index (χ4n) is 1.29. The number of hydrogen-bond donors (Lipinski definition) is 0. The van der Waals surface area contributed by atoms with Crippen molar-refractivity contribution in [2.45, 2.75) is 39.2 Å². The van der Waals surface area contributed by atoms with Gasteiger partial charge in [0.1, 0.15) is 5.60 Å². The molecular weight excluding hydrogens is 218 g/mol. The monoisotopic (exact) mass is 237 g/mol. The number of methoxy groups -OCH3 is 1. The Kier molecular flexibility index (Phi) is 4.10. The molecule has 0 radical (unpaired) electrons. The summed E-state index contributed by atoms with van der Waals surface area (Å²) in [6.45, 7) is 7.36. The van der Waals surface area contributed by atoms with Crippen molar-refractivity contribution in [2.75, 3.05) is 7.11 Å². The molecule has 1 heterocycles. The number of hydrogen-bond acceptors (Lipinski definition) is 4. The van der Waals surface area contributed by atoms with Crippen LogP contribution in [0, 0.1) is 0 Å². The van der Waals surface area contributed by atoms with E-state index in [1.807, 2.05) is 26.8 Å². The molecule has 1 aromatic rings. The van der Waals surface area contributed by atoms with E-state index in [9.17, 15) is 4.79 Å². The van der Waals surface area contributed by atoms with Crippen LogP contribution in [0.25, 0.3) is 0 Å². The van der Waals surface area contributed by atoms with Crippen LogP contribution < -0.4 is 4.74 Å². The fourth-order valence-corrected chi connectivity index (χ4v) is 1.29. The van der Waals surface area contributed by atoms with Crippen LogP contribution in [0.5, 0.6) is 5.88 Å². The van der Waals surface area contributed by atoms with Crippen LogP contribution in [0.15, 0.2) is 18.3 Å². The van der Waals surface area contributed by atoms with Gasteiger partial charge in [0.15, 0.2) is 0 Å². The highest BCUT2D eigenvalue weighted by Crippen LogP contribution is 2.20. The summed E-state index contributed by atoms with van der Waals surface area (Å²) in [5.74, 6) is -0.0396. The Hall–Kier alpha value is -1.58. The van der Waals surface area contributed by atoms with E-state index in [2.05, 4.69) is 4.98 Å². The molecule has 1 aromatic heterocycles. The maximum absolute atomic E-state index is 11.8. The van der Waals surface area contributed by atoms with E-state index in [1.165, 1.54) is 0 Å². The molecular formula is C13H19NO3. The number of carbonyl (C=O) groups excluding carboxylic acids is 1. The van der Waals surface area contributed by atoms with Crippen LogP contribution in [-0.2, 0) is 9.53 Å². The average Bonchev–Trinajstić information content (AvgIpc) is 2.26. The topological polar surface area (TPSA) is 48.4 Å². The van der Waals surface area contributed by atoms with Gasteiger partial charge in [-0.05, 0) is 33.3 Å². The first-order valence-corrected chi connectivity index (χ1v) is 5.56. The predicted octanol–water partition coefficient (Wildman–Crippen LogP) is 2.54. The highest BCUT2D eigenvalue weighted by molar-refractivity contribution is 5.77. The minimum atomic E-state index is -0.467. The van der Waals surface area contributed by atoms with Crippen LogP contribution >= 0.6 is 0 Å². The molecule has 4 nitrogen and oxygen atoms in total. The Balaban J connectivity index is 2.74. The lowest BCUT2D eigenvalue weighted by molar-refractivity contribution is -0.156. The molecule has 0 aliphatic heterocycles. The van der Waals surface area contributed by atoms with Crippen molar-refractivity contribution in [3.8, 4) is 5.88 Å². The standard InChI is InChI=1S/C13H19NO3/c1-9(12(15)17-13(2,3)4)10-6-7-11(16-5)14-8-10/h6-9H,1-5H3/t9-/m0/s1. The highest BCUT2D eigenvalue weighted by Gasteiger charge is 2.23. The van der Waals surface area contributed by atoms with E-state index in [-0.39, 0.29) is 11.9 Å². The molecule has 0 saturated heterocycles. The second-order valence-corrected chi connectivity index (χ2v) is 4.89. The first-order valence-electron chi connectivity index (χ1n) is 5.56. The summed E-state index contributed by atoms with van der Waals surface area (Å²) in [4.78, 5) is 15.9. The molecule has 1 rings (SSSR count). The van der Waals surface area contributed by atoms with Gasteiger partial charge in [-0.1, -0.05) is 6.07 Å². The summed E-state index contributed by atoms with van der Waals surface area (Å²) < 4.78 is 10.3. The van der Waals surface area contributed by atoms with E-state index >= 15 is 0 Å². The number of carbonyl (C=O) groups is 1. The zero-order chi connectivity index (χ0) is 13.1. The average molecular weight is 237 g/mol. The highest BCUT2D eigenvalue weighted by atomic mass is 16.6. The number of esters is 1. The minimum Gasteiger partial charge on any atom is -0.481 e. The largest absolute Gasteiger partial charge is 0.481 e. The number of ether oxygens (including phenoxy) is 2. The van der Waals surface area contributed by atoms with Crippen LogP contribution in [0.2, 0.25) is 0 Å². The molecule has 94 valence electrons. The summed E-state index contributed by atoms with van der Waals surface area (Å²) in [6, 6.07) is 3.55. The van der Waals surface area contributed by atoms with Gasteiger partial charge in [-0.2, -0.15) is 0 Å². The van der Waals surface area contributed by atoms with Crippen LogP contribution in [0.3, 0.4) is 0 Å². The van der Waals surface area contributed by atoms with E-state index in [0.717, 1.165) is 5.56 Å². The SMILES string of the molecule is COc1ccc([C@H](C)C(=O)OC(C)(C)C)cn1. The molecule has 0 fully saturated rings. The van der Waals surface area contributed by atoms with Crippen molar-refractivity contribution < 1.29 is 14.3 Å². The molecule has 0 aliphatic carbocycles. The van der Waals surface area contributed by atoms with Gasteiger partial charge >= 0.3 is 5.97 Å². The van der Waals surface area contributed by atoms with Crippen molar-refractivity contribution in [1.29, 1.82) is 0 Å². The van der Waals surface area contributed by atoms with Gasteiger partial charge in [-0.3, -0.25) is 4.79 Å². The summed E-state index contributed by atoms with van der Waals surface area (Å²) >= 11 is 0. The molecule has 0 saturated carbocycles. The molecule has 0 spiro atoms. The Bertz CT molecular complexity index is 379. The van der Waals surface area contributed by atoms with Crippen molar-refractivity contribution in [3.63, 3.8) is 0 Å². The predicted molar refractivity (Wildman–Crippen MR) is 65.0 cm³/mol. The summed E-state index contributed by atoms with van der Waals surface area (Å²) in [5, 5.41) is 0. The number of rotatable bonds is 3. The zero-order valence-corrected chi connectivity index (χ0v) is 11.0. The van der Waals surface area contributed by atoms with E-state index in [1.54, 1.807) is 26.3 Å². The van der Waals surface area contributed by atoms with Gasteiger partial charge in [0.25, 0.3) is 0 Å². The molecule has 4 heteroatoms. The van der Waals surface area contributed by atoms with Crippen LogP contribution in [0.4, 0.5) is 0 Å². The minimum absolute atomic E-state index is 0.246. The molecule has 0 amide bonds. The lowest BCUT2D eigenvalue weighted by Gasteiger charge is -2.22.